The van der Waals surface area contributed by atoms with E-state index in [1.807, 2.05) is 0 Å². The molecule has 21 heavy (non-hydrogen) atoms. The molecule has 2 aliphatic carbocycles. The maximum absolute atomic E-state index is 6.32. The van der Waals surface area contributed by atoms with Crippen LogP contribution in [-0.4, -0.2) is 54.6 Å². The van der Waals surface area contributed by atoms with Gasteiger partial charge in [0.25, 0.3) is 0 Å². The second kappa shape index (κ2) is 6.17. The van der Waals surface area contributed by atoms with Crippen LogP contribution in [0.5, 0.6) is 0 Å². The lowest BCUT2D eigenvalue weighted by Gasteiger charge is -2.54. The number of hydrogen-bond acceptors (Lipinski definition) is 3. The molecule has 0 radical (unpaired) electrons. The fourth-order valence-corrected chi connectivity index (χ4v) is 5.34. The maximum Gasteiger partial charge on any atom is 0.0333 e. The highest BCUT2D eigenvalue weighted by Gasteiger charge is 2.47. The van der Waals surface area contributed by atoms with Gasteiger partial charge in [-0.1, -0.05) is 19.8 Å². The number of hydrogen-bond donors (Lipinski definition) is 1. The summed E-state index contributed by atoms with van der Waals surface area (Å²) in [5.41, 5.74) is 7.36. The van der Waals surface area contributed by atoms with Gasteiger partial charge in [0, 0.05) is 37.8 Å². The van der Waals surface area contributed by atoms with Gasteiger partial charge in [-0.2, -0.15) is 0 Å². The topological polar surface area (TPSA) is 32.5 Å². The van der Waals surface area contributed by atoms with Crippen LogP contribution in [0.15, 0.2) is 0 Å². The van der Waals surface area contributed by atoms with Crippen molar-refractivity contribution < 1.29 is 0 Å². The van der Waals surface area contributed by atoms with Crippen molar-refractivity contribution in [3.05, 3.63) is 0 Å². The van der Waals surface area contributed by atoms with Gasteiger partial charge in [0.1, 0.15) is 0 Å². The summed E-state index contributed by atoms with van der Waals surface area (Å²) < 4.78 is 0. The van der Waals surface area contributed by atoms with Crippen LogP contribution in [0.4, 0.5) is 0 Å². The van der Waals surface area contributed by atoms with Gasteiger partial charge in [-0.05, 0) is 57.4 Å². The molecule has 3 heteroatoms. The third-order valence-corrected chi connectivity index (χ3v) is 7.20. The molecule has 1 atom stereocenters. The Morgan fingerprint density at radius 2 is 1.67 bits per heavy atom. The summed E-state index contributed by atoms with van der Waals surface area (Å²) in [6.45, 7) is 6.86. The van der Waals surface area contributed by atoms with Crippen LogP contribution in [0.25, 0.3) is 0 Å². The predicted molar refractivity (Wildman–Crippen MR) is 89.4 cm³/mol. The Kier molecular flexibility index (Phi) is 4.63. The summed E-state index contributed by atoms with van der Waals surface area (Å²) >= 11 is 0. The molecular formula is C18H35N3. The first-order chi connectivity index (χ1) is 10.1. The molecular weight excluding hydrogens is 258 g/mol. The number of nitrogens with two attached hydrogens (primary N) is 1. The van der Waals surface area contributed by atoms with Crippen LogP contribution in [0, 0.1) is 5.41 Å². The SMILES string of the molecule is CCC1CN(C2(CN)CCC3(CCCC3)CC2)CCN1C. The monoisotopic (exact) mass is 293 g/mol. The van der Waals surface area contributed by atoms with Crippen molar-refractivity contribution in [1.82, 2.24) is 9.80 Å². The fourth-order valence-electron chi connectivity index (χ4n) is 5.34. The molecule has 2 saturated carbocycles. The second-order valence-corrected chi connectivity index (χ2v) is 8.12. The van der Waals surface area contributed by atoms with E-state index in [1.54, 1.807) is 0 Å². The number of nitrogens with zero attached hydrogens (tertiary/aromatic N) is 2. The van der Waals surface area contributed by atoms with Crippen molar-refractivity contribution >= 4 is 0 Å². The standard InChI is InChI=1S/C18H35N3/c1-3-16-14-21(13-12-20(16)2)18(15-19)10-8-17(9-11-18)6-4-5-7-17/h16H,3-15,19H2,1-2H3. The Morgan fingerprint density at radius 3 is 2.24 bits per heavy atom. The van der Waals surface area contributed by atoms with Gasteiger partial charge < -0.3 is 10.6 Å². The van der Waals surface area contributed by atoms with E-state index in [-0.39, 0.29) is 0 Å². The van der Waals surface area contributed by atoms with E-state index < -0.39 is 0 Å². The Bertz CT molecular complexity index is 338. The van der Waals surface area contributed by atoms with Crippen LogP contribution < -0.4 is 5.73 Å². The minimum atomic E-state index is 0.322. The Morgan fingerprint density at radius 1 is 1.00 bits per heavy atom. The third-order valence-electron chi connectivity index (χ3n) is 7.20. The van der Waals surface area contributed by atoms with Crippen LogP contribution in [-0.2, 0) is 0 Å². The molecule has 0 amide bonds. The molecule has 1 unspecified atom stereocenters. The van der Waals surface area contributed by atoms with Crippen LogP contribution in [0.1, 0.15) is 64.7 Å². The highest BCUT2D eigenvalue weighted by Crippen LogP contribution is 2.52. The van der Waals surface area contributed by atoms with Crippen molar-refractivity contribution in [3.8, 4) is 0 Å². The molecule has 3 fully saturated rings. The first-order valence-electron chi connectivity index (χ1n) is 9.28. The highest BCUT2D eigenvalue weighted by atomic mass is 15.3. The minimum absolute atomic E-state index is 0.322. The van der Waals surface area contributed by atoms with Crippen LogP contribution in [0.3, 0.4) is 0 Å². The molecule has 122 valence electrons. The highest BCUT2D eigenvalue weighted by molar-refractivity contribution is 5.03. The van der Waals surface area contributed by atoms with Crippen molar-refractivity contribution in [2.45, 2.75) is 76.3 Å². The van der Waals surface area contributed by atoms with E-state index in [2.05, 4.69) is 23.8 Å². The molecule has 3 rings (SSSR count). The molecule has 0 aromatic carbocycles. The molecule has 1 aliphatic heterocycles. The van der Waals surface area contributed by atoms with Crippen LogP contribution in [0.2, 0.25) is 0 Å². The number of rotatable bonds is 3. The first kappa shape index (κ1) is 15.8. The summed E-state index contributed by atoms with van der Waals surface area (Å²) in [6.07, 6.45) is 12.8. The normalized spacial score (nSPS) is 33.6. The van der Waals surface area contributed by atoms with Crippen molar-refractivity contribution in [2.24, 2.45) is 11.1 Å². The number of piperazine rings is 1. The molecule has 3 aliphatic rings. The van der Waals surface area contributed by atoms with Gasteiger partial charge in [0.2, 0.25) is 0 Å². The molecule has 3 nitrogen and oxygen atoms in total. The zero-order valence-electron chi connectivity index (χ0n) is 14.2. The summed E-state index contributed by atoms with van der Waals surface area (Å²) in [5.74, 6) is 0. The van der Waals surface area contributed by atoms with E-state index in [0.29, 0.717) is 5.54 Å². The van der Waals surface area contributed by atoms with Crippen molar-refractivity contribution in [1.29, 1.82) is 0 Å². The summed E-state index contributed by atoms with van der Waals surface area (Å²) in [4.78, 5) is 5.32. The first-order valence-corrected chi connectivity index (χ1v) is 9.28. The van der Waals surface area contributed by atoms with Gasteiger partial charge >= 0.3 is 0 Å². The lowest BCUT2D eigenvalue weighted by atomic mass is 9.65. The van der Waals surface area contributed by atoms with Gasteiger partial charge in [-0.25, -0.2) is 0 Å². The van der Waals surface area contributed by atoms with Crippen molar-refractivity contribution in [2.75, 3.05) is 33.2 Å². The smallest absolute Gasteiger partial charge is 0.0333 e. The molecule has 1 heterocycles. The largest absolute Gasteiger partial charge is 0.329 e. The number of likely N-dealkylation sites (N-methyl/N-ethyl adjacent to an activating group) is 1. The van der Waals surface area contributed by atoms with E-state index in [4.69, 9.17) is 5.73 Å². The molecule has 1 saturated heterocycles. The Balaban J connectivity index is 1.67. The van der Waals surface area contributed by atoms with Gasteiger partial charge in [-0.3, -0.25) is 4.90 Å². The molecule has 0 aromatic rings. The predicted octanol–water partition coefficient (Wildman–Crippen LogP) is 2.84. The molecule has 0 bridgehead atoms. The quantitative estimate of drug-likeness (QED) is 0.868. The molecule has 0 aromatic heterocycles. The van der Waals surface area contributed by atoms with E-state index in [0.717, 1.165) is 18.0 Å². The average Bonchev–Trinajstić information content (AvgIpc) is 2.98. The lowest BCUT2D eigenvalue weighted by molar-refractivity contribution is -0.0298. The zero-order valence-corrected chi connectivity index (χ0v) is 14.2. The average molecular weight is 293 g/mol. The summed E-state index contributed by atoms with van der Waals surface area (Å²) in [5, 5.41) is 0. The fraction of sp³-hybridized carbons (Fsp3) is 1.00. The minimum Gasteiger partial charge on any atom is -0.329 e. The van der Waals surface area contributed by atoms with Crippen LogP contribution >= 0.6 is 0 Å². The van der Waals surface area contributed by atoms with E-state index in [1.165, 1.54) is 77.4 Å². The van der Waals surface area contributed by atoms with Gasteiger partial charge in [-0.15, -0.1) is 0 Å². The lowest BCUT2D eigenvalue weighted by Crippen LogP contribution is -2.63. The molecule has 2 N–H and O–H groups in total. The maximum atomic E-state index is 6.32. The Hall–Kier alpha value is -0.120. The molecule has 1 spiro atoms. The van der Waals surface area contributed by atoms with Gasteiger partial charge in [0.05, 0.1) is 0 Å². The van der Waals surface area contributed by atoms with Crippen molar-refractivity contribution in [3.63, 3.8) is 0 Å². The second-order valence-electron chi connectivity index (χ2n) is 8.12. The summed E-state index contributed by atoms with van der Waals surface area (Å²) in [7, 11) is 2.29. The Labute approximate surface area is 131 Å². The zero-order chi connectivity index (χ0) is 14.9. The van der Waals surface area contributed by atoms with E-state index >= 15 is 0 Å². The van der Waals surface area contributed by atoms with E-state index in [9.17, 15) is 0 Å². The summed E-state index contributed by atoms with van der Waals surface area (Å²) in [6, 6.07) is 0.726. The van der Waals surface area contributed by atoms with Gasteiger partial charge in [0.15, 0.2) is 0 Å². The third kappa shape index (κ3) is 2.89.